The number of hydrogen-bond acceptors (Lipinski definition) is 7. The van der Waals surface area contributed by atoms with Crippen molar-refractivity contribution < 1.29 is 27.8 Å². The van der Waals surface area contributed by atoms with Gasteiger partial charge in [0.1, 0.15) is 18.2 Å². The number of ether oxygens (including phenoxy) is 3. The van der Waals surface area contributed by atoms with Gasteiger partial charge in [-0.1, -0.05) is 72.0 Å². The van der Waals surface area contributed by atoms with E-state index in [0.29, 0.717) is 52.4 Å². The highest BCUT2D eigenvalue weighted by Gasteiger charge is 2.35. The SMILES string of the molecule is CCOC(=O)C1=C(c2ccccc2)N=c2s/c(=C\c3cc(I)c(OCc4ccccc4F)c(OC)c3)c(=O)n2[C@@H]1c1ccc(F)cc1. The number of carbonyl (C=O) groups excluding carboxylic acids is 1. The van der Waals surface area contributed by atoms with E-state index in [1.54, 1.807) is 49.4 Å². The molecule has 0 saturated carbocycles. The summed E-state index contributed by atoms with van der Waals surface area (Å²) < 4.78 is 47.8. The van der Waals surface area contributed by atoms with Crippen LogP contribution in [-0.4, -0.2) is 24.3 Å². The van der Waals surface area contributed by atoms with Crippen LogP contribution in [0.2, 0.25) is 0 Å². The Kier molecular flexibility index (Phi) is 9.64. The smallest absolute Gasteiger partial charge is 0.338 e. The normalized spacial score (nSPS) is 14.4. The van der Waals surface area contributed by atoms with E-state index < -0.39 is 17.8 Å². The van der Waals surface area contributed by atoms with Gasteiger partial charge in [-0.15, -0.1) is 0 Å². The van der Waals surface area contributed by atoms with Crippen molar-refractivity contribution in [3.8, 4) is 11.5 Å². The van der Waals surface area contributed by atoms with Gasteiger partial charge in [-0.25, -0.2) is 18.6 Å². The predicted molar refractivity (Wildman–Crippen MR) is 184 cm³/mol. The van der Waals surface area contributed by atoms with Gasteiger partial charge in [0.15, 0.2) is 16.3 Å². The lowest BCUT2D eigenvalue weighted by molar-refractivity contribution is -0.138. The van der Waals surface area contributed by atoms with Crippen molar-refractivity contribution in [3.05, 3.63) is 154 Å². The molecular weight excluding hydrogens is 737 g/mol. The molecule has 0 amide bonds. The van der Waals surface area contributed by atoms with Gasteiger partial charge in [-0.3, -0.25) is 9.36 Å². The van der Waals surface area contributed by atoms with Crippen LogP contribution in [0.25, 0.3) is 11.8 Å². The zero-order valence-corrected chi connectivity index (χ0v) is 28.2. The highest BCUT2D eigenvalue weighted by molar-refractivity contribution is 14.1. The standard InChI is InChI=1S/C36H27F2IN2O5S/c1-3-45-35(43)30-31(22-9-5-4-6-10-22)40-36-41(32(30)23-13-15-25(37)16-14-23)34(42)29(47-36)19-21-17-27(39)33(28(18-21)44-2)46-20-24-11-7-8-12-26(24)38/h4-19,32H,3,20H2,1-2H3/b29-19-/t32-/m1/s1. The van der Waals surface area contributed by atoms with E-state index in [9.17, 15) is 18.4 Å². The Morgan fingerprint density at radius 2 is 1.74 bits per heavy atom. The third-order valence-electron chi connectivity index (χ3n) is 7.44. The van der Waals surface area contributed by atoms with Gasteiger partial charge in [-0.2, -0.15) is 0 Å². The molecule has 6 rings (SSSR count). The summed E-state index contributed by atoms with van der Waals surface area (Å²) in [6.07, 6.45) is 1.72. The van der Waals surface area contributed by atoms with E-state index in [1.807, 2.05) is 36.4 Å². The number of rotatable bonds is 9. The summed E-state index contributed by atoms with van der Waals surface area (Å²) in [6, 6.07) is 23.9. The summed E-state index contributed by atoms with van der Waals surface area (Å²) in [7, 11) is 1.50. The molecule has 5 aromatic rings. The van der Waals surface area contributed by atoms with Gasteiger partial charge >= 0.3 is 5.97 Å². The first-order valence-corrected chi connectivity index (χ1v) is 16.5. The molecule has 4 aromatic carbocycles. The second kappa shape index (κ2) is 14.0. The Bertz CT molecular complexity index is 2180. The summed E-state index contributed by atoms with van der Waals surface area (Å²) in [5, 5.41) is 0. The fourth-order valence-corrected chi connectivity index (χ4v) is 7.06. The molecule has 1 aliphatic heterocycles. The fraction of sp³-hybridized carbons (Fsp3) is 0.139. The fourth-order valence-electron chi connectivity index (χ4n) is 5.28. The van der Waals surface area contributed by atoms with E-state index in [2.05, 4.69) is 22.6 Å². The maximum absolute atomic E-state index is 14.2. The largest absolute Gasteiger partial charge is 0.493 e. The second-order valence-corrected chi connectivity index (χ2v) is 12.6. The van der Waals surface area contributed by atoms with Crippen molar-refractivity contribution in [1.82, 2.24) is 4.57 Å². The van der Waals surface area contributed by atoms with E-state index >= 15 is 0 Å². The molecule has 0 bridgehead atoms. The molecule has 0 N–H and O–H groups in total. The van der Waals surface area contributed by atoms with E-state index in [-0.39, 0.29) is 30.2 Å². The minimum atomic E-state index is -0.924. The Morgan fingerprint density at radius 3 is 2.45 bits per heavy atom. The highest BCUT2D eigenvalue weighted by atomic mass is 127. The maximum atomic E-state index is 14.2. The Morgan fingerprint density at radius 1 is 1.02 bits per heavy atom. The van der Waals surface area contributed by atoms with Crippen molar-refractivity contribution in [2.24, 2.45) is 4.99 Å². The number of halogens is 3. The van der Waals surface area contributed by atoms with E-state index in [1.165, 1.54) is 41.2 Å². The van der Waals surface area contributed by atoms with Crippen LogP contribution >= 0.6 is 33.9 Å². The summed E-state index contributed by atoms with van der Waals surface area (Å²) in [4.78, 5) is 32.9. The number of esters is 1. The van der Waals surface area contributed by atoms with Crippen LogP contribution in [-0.2, 0) is 16.1 Å². The molecular formula is C36H27F2IN2O5S. The zero-order chi connectivity index (χ0) is 33.1. The lowest BCUT2D eigenvalue weighted by Gasteiger charge is -2.25. The number of hydrogen-bond donors (Lipinski definition) is 0. The number of benzene rings is 4. The summed E-state index contributed by atoms with van der Waals surface area (Å²) in [5.41, 5.74) is 2.42. The topological polar surface area (TPSA) is 79.1 Å². The molecule has 0 aliphatic carbocycles. The van der Waals surface area contributed by atoms with Crippen LogP contribution in [0.5, 0.6) is 11.5 Å². The van der Waals surface area contributed by atoms with Crippen molar-refractivity contribution >= 4 is 51.7 Å². The van der Waals surface area contributed by atoms with E-state index in [4.69, 9.17) is 19.2 Å². The minimum absolute atomic E-state index is 0.00686. The molecule has 1 atom stereocenters. The van der Waals surface area contributed by atoms with Crippen LogP contribution in [0.4, 0.5) is 8.78 Å². The van der Waals surface area contributed by atoms with Crippen molar-refractivity contribution in [2.45, 2.75) is 19.6 Å². The van der Waals surface area contributed by atoms with E-state index in [0.717, 1.165) is 0 Å². The Labute approximate surface area is 286 Å². The third-order valence-corrected chi connectivity index (χ3v) is 9.22. The van der Waals surface area contributed by atoms with Gasteiger partial charge in [0.05, 0.1) is 39.1 Å². The molecule has 47 heavy (non-hydrogen) atoms. The number of aromatic nitrogens is 1. The molecule has 0 saturated heterocycles. The first-order chi connectivity index (χ1) is 22.8. The molecule has 0 fully saturated rings. The molecule has 0 unspecified atom stereocenters. The van der Waals surface area contributed by atoms with Crippen LogP contribution < -0.4 is 24.4 Å². The number of thiazole rings is 1. The van der Waals surface area contributed by atoms with Crippen molar-refractivity contribution in [2.75, 3.05) is 13.7 Å². The quantitative estimate of drug-likeness (QED) is 0.128. The molecule has 1 aromatic heterocycles. The average Bonchev–Trinajstić information content (AvgIpc) is 3.38. The average molecular weight is 765 g/mol. The molecule has 1 aliphatic rings. The first-order valence-electron chi connectivity index (χ1n) is 14.6. The molecule has 238 valence electrons. The lowest BCUT2D eigenvalue weighted by atomic mass is 9.93. The van der Waals surface area contributed by atoms with Crippen molar-refractivity contribution in [3.63, 3.8) is 0 Å². The van der Waals surface area contributed by atoms with Crippen LogP contribution in [0.3, 0.4) is 0 Å². The minimum Gasteiger partial charge on any atom is -0.493 e. The van der Waals surface area contributed by atoms with Gasteiger partial charge in [0.2, 0.25) is 0 Å². The first kappa shape index (κ1) is 32.3. The molecule has 0 radical (unpaired) electrons. The maximum Gasteiger partial charge on any atom is 0.338 e. The lowest BCUT2D eigenvalue weighted by Crippen LogP contribution is -2.40. The molecule has 0 spiro atoms. The van der Waals surface area contributed by atoms with Gasteiger partial charge in [0, 0.05) is 11.1 Å². The molecule has 7 nitrogen and oxygen atoms in total. The molecule has 11 heteroatoms. The Balaban J connectivity index is 1.49. The monoisotopic (exact) mass is 764 g/mol. The number of carbonyl (C=O) groups is 1. The van der Waals surface area contributed by atoms with Crippen LogP contribution in [0, 0.1) is 15.2 Å². The zero-order valence-electron chi connectivity index (χ0n) is 25.2. The molecule has 2 heterocycles. The second-order valence-electron chi connectivity index (χ2n) is 10.4. The Hall–Kier alpha value is -4.62. The van der Waals surface area contributed by atoms with Crippen LogP contribution in [0.1, 0.15) is 35.2 Å². The van der Waals surface area contributed by atoms with Crippen molar-refractivity contribution in [1.29, 1.82) is 0 Å². The summed E-state index contributed by atoms with van der Waals surface area (Å²) >= 11 is 3.28. The predicted octanol–water partition coefficient (Wildman–Crippen LogP) is 6.41. The van der Waals surface area contributed by atoms with Gasteiger partial charge in [0.25, 0.3) is 5.56 Å². The van der Waals surface area contributed by atoms with Crippen LogP contribution in [0.15, 0.2) is 106 Å². The highest BCUT2D eigenvalue weighted by Crippen LogP contribution is 2.36. The number of nitrogens with zero attached hydrogens (tertiary/aromatic N) is 2. The number of methoxy groups -OCH3 is 1. The summed E-state index contributed by atoms with van der Waals surface area (Å²) in [6.45, 7) is 1.83. The summed E-state index contributed by atoms with van der Waals surface area (Å²) in [5.74, 6) is -0.584. The number of fused-ring (bicyclic) bond motifs is 1. The van der Waals surface area contributed by atoms with Gasteiger partial charge in [-0.05, 0) is 77.0 Å². The third kappa shape index (κ3) is 6.63. The van der Waals surface area contributed by atoms with Gasteiger partial charge < -0.3 is 14.2 Å².